The van der Waals surface area contributed by atoms with Crippen molar-refractivity contribution >= 4 is 5.91 Å². The number of carbonyl (C=O) groups excluding carboxylic acids is 1. The van der Waals surface area contributed by atoms with Crippen LogP contribution in [0.2, 0.25) is 0 Å². The van der Waals surface area contributed by atoms with E-state index in [1.54, 1.807) is 30.5 Å². The minimum atomic E-state index is -0.0761. The molecule has 1 aliphatic rings. The summed E-state index contributed by atoms with van der Waals surface area (Å²) in [4.78, 5) is 14.8. The molecule has 0 radical (unpaired) electrons. The van der Waals surface area contributed by atoms with Crippen LogP contribution in [-0.4, -0.2) is 29.9 Å². The lowest BCUT2D eigenvalue weighted by atomic mass is 9.89. The van der Waals surface area contributed by atoms with Gasteiger partial charge >= 0.3 is 0 Å². The zero-order chi connectivity index (χ0) is 17.6. The maximum absolute atomic E-state index is 12.6. The van der Waals surface area contributed by atoms with Crippen LogP contribution < -0.4 is 5.32 Å². The van der Waals surface area contributed by atoms with Crippen molar-refractivity contribution in [3.8, 4) is 6.07 Å². The van der Waals surface area contributed by atoms with Crippen molar-refractivity contribution in [2.24, 2.45) is 0 Å². The molecule has 1 heterocycles. The monoisotopic (exact) mass is 337 g/mol. The van der Waals surface area contributed by atoms with Gasteiger partial charge in [0, 0.05) is 17.6 Å². The fourth-order valence-corrected chi connectivity index (χ4v) is 3.52. The zero-order valence-corrected chi connectivity index (χ0v) is 14.4. The standard InChI is InChI=1S/C20H23N3O2/c1-23(14-17-5-4-12-25-17)19-7-3-2-6-18(19)22-20(24)16-10-8-15(13-21)9-11-16/h4-5,8-12,18-19H,2-3,6-7,14H2,1H3,(H,22,24)/t18-,19-/m1/s1. The number of nitriles is 1. The Labute approximate surface area is 148 Å². The van der Waals surface area contributed by atoms with Gasteiger partial charge in [-0.1, -0.05) is 12.8 Å². The van der Waals surface area contributed by atoms with E-state index in [0.717, 1.165) is 31.6 Å². The molecule has 0 bridgehead atoms. The van der Waals surface area contributed by atoms with E-state index < -0.39 is 0 Å². The number of carbonyl (C=O) groups is 1. The lowest BCUT2D eigenvalue weighted by Crippen LogP contribution is -2.51. The Morgan fingerprint density at radius 2 is 2.04 bits per heavy atom. The van der Waals surface area contributed by atoms with Crippen molar-refractivity contribution < 1.29 is 9.21 Å². The molecule has 5 nitrogen and oxygen atoms in total. The summed E-state index contributed by atoms with van der Waals surface area (Å²) in [6.07, 6.45) is 6.04. The van der Waals surface area contributed by atoms with Gasteiger partial charge in [0.05, 0.1) is 24.4 Å². The van der Waals surface area contributed by atoms with Crippen molar-refractivity contribution in [2.45, 2.75) is 44.3 Å². The third-order valence-electron chi connectivity index (χ3n) is 4.87. The topological polar surface area (TPSA) is 69.3 Å². The van der Waals surface area contributed by atoms with Gasteiger partial charge in [-0.3, -0.25) is 9.69 Å². The Kier molecular flexibility index (Phi) is 5.52. The van der Waals surface area contributed by atoms with Gasteiger partial charge in [0.2, 0.25) is 0 Å². The van der Waals surface area contributed by atoms with Crippen LogP contribution in [0.1, 0.15) is 47.4 Å². The molecule has 5 heteroatoms. The van der Waals surface area contributed by atoms with Gasteiger partial charge < -0.3 is 9.73 Å². The Bertz CT molecular complexity index is 731. The second-order valence-electron chi connectivity index (χ2n) is 6.62. The number of amides is 1. The second-order valence-corrected chi connectivity index (χ2v) is 6.62. The van der Waals surface area contributed by atoms with E-state index >= 15 is 0 Å². The fraction of sp³-hybridized carbons (Fsp3) is 0.400. The fourth-order valence-electron chi connectivity index (χ4n) is 3.52. The molecular weight excluding hydrogens is 314 g/mol. The largest absolute Gasteiger partial charge is 0.468 e. The molecule has 1 aliphatic carbocycles. The first-order valence-electron chi connectivity index (χ1n) is 8.71. The first-order chi connectivity index (χ1) is 12.2. The lowest BCUT2D eigenvalue weighted by molar-refractivity contribution is 0.0850. The highest BCUT2D eigenvalue weighted by molar-refractivity contribution is 5.94. The molecule has 2 aromatic rings. The van der Waals surface area contributed by atoms with E-state index in [0.29, 0.717) is 17.2 Å². The molecule has 1 aromatic carbocycles. The van der Waals surface area contributed by atoms with Gasteiger partial charge in [0.15, 0.2) is 0 Å². The first kappa shape index (κ1) is 17.2. The second kappa shape index (κ2) is 8.00. The molecule has 2 atom stereocenters. The lowest BCUT2D eigenvalue weighted by Gasteiger charge is -2.38. The normalized spacial score (nSPS) is 20.2. The van der Waals surface area contributed by atoms with Gasteiger partial charge in [-0.25, -0.2) is 0 Å². The van der Waals surface area contributed by atoms with Crippen LogP contribution in [0.4, 0.5) is 0 Å². The Morgan fingerprint density at radius 1 is 1.28 bits per heavy atom. The molecule has 1 N–H and O–H groups in total. The number of nitrogens with zero attached hydrogens (tertiary/aromatic N) is 2. The van der Waals surface area contributed by atoms with Crippen LogP contribution in [0.15, 0.2) is 47.1 Å². The summed E-state index contributed by atoms with van der Waals surface area (Å²) in [5.74, 6) is 0.859. The van der Waals surface area contributed by atoms with Crippen LogP contribution in [0, 0.1) is 11.3 Å². The van der Waals surface area contributed by atoms with Crippen LogP contribution in [0.25, 0.3) is 0 Å². The Balaban J connectivity index is 1.65. The number of furan rings is 1. The van der Waals surface area contributed by atoms with Gasteiger partial charge in [-0.15, -0.1) is 0 Å². The minimum absolute atomic E-state index is 0.0761. The Hall–Kier alpha value is -2.58. The van der Waals surface area contributed by atoms with E-state index in [1.165, 1.54) is 6.42 Å². The number of benzene rings is 1. The summed E-state index contributed by atoms with van der Waals surface area (Å²) < 4.78 is 5.45. The molecule has 1 aromatic heterocycles. The highest BCUT2D eigenvalue weighted by atomic mass is 16.3. The Morgan fingerprint density at radius 3 is 2.72 bits per heavy atom. The van der Waals surface area contributed by atoms with E-state index in [2.05, 4.69) is 23.3 Å². The van der Waals surface area contributed by atoms with E-state index in [-0.39, 0.29) is 11.9 Å². The third kappa shape index (κ3) is 4.28. The van der Waals surface area contributed by atoms with E-state index in [4.69, 9.17) is 9.68 Å². The van der Waals surface area contributed by atoms with E-state index in [9.17, 15) is 4.79 Å². The van der Waals surface area contributed by atoms with Crippen molar-refractivity contribution in [2.75, 3.05) is 7.05 Å². The summed E-state index contributed by atoms with van der Waals surface area (Å²) >= 11 is 0. The maximum atomic E-state index is 12.6. The predicted molar refractivity (Wildman–Crippen MR) is 94.8 cm³/mol. The quantitative estimate of drug-likeness (QED) is 0.908. The number of hydrogen-bond donors (Lipinski definition) is 1. The van der Waals surface area contributed by atoms with Crippen LogP contribution in [0.3, 0.4) is 0 Å². The van der Waals surface area contributed by atoms with Gasteiger partial charge in [0.1, 0.15) is 5.76 Å². The van der Waals surface area contributed by atoms with Crippen LogP contribution in [-0.2, 0) is 6.54 Å². The molecule has 130 valence electrons. The van der Waals surface area contributed by atoms with Gasteiger partial charge in [0.25, 0.3) is 5.91 Å². The molecule has 0 aliphatic heterocycles. The summed E-state index contributed by atoms with van der Waals surface area (Å²) in [6, 6.07) is 13.1. The van der Waals surface area contributed by atoms with Gasteiger partial charge in [-0.2, -0.15) is 5.26 Å². The highest BCUT2D eigenvalue weighted by Gasteiger charge is 2.30. The average molecular weight is 337 g/mol. The summed E-state index contributed by atoms with van der Waals surface area (Å²) in [7, 11) is 2.08. The summed E-state index contributed by atoms with van der Waals surface area (Å²) in [6.45, 7) is 0.737. The number of hydrogen-bond acceptors (Lipinski definition) is 4. The number of nitrogens with one attached hydrogen (secondary N) is 1. The zero-order valence-electron chi connectivity index (χ0n) is 14.4. The molecule has 0 unspecified atom stereocenters. The summed E-state index contributed by atoms with van der Waals surface area (Å²) in [5.41, 5.74) is 1.15. The molecule has 3 rings (SSSR count). The molecule has 0 saturated heterocycles. The van der Waals surface area contributed by atoms with Crippen molar-refractivity contribution in [3.05, 3.63) is 59.5 Å². The van der Waals surface area contributed by atoms with Crippen molar-refractivity contribution in [3.63, 3.8) is 0 Å². The van der Waals surface area contributed by atoms with Crippen molar-refractivity contribution in [1.29, 1.82) is 5.26 Å². The molecule has 1 amide bonds. The minimum Gasteiger partial charge on any atom is -0.468 e. The third-order valence-corrected chi connectivity index (χ3v) is 4.87. The molecule has 1 fully saturated rings. The molecule has 0 spiro atoms. The number of rotatable bonds is 5. The first-order valence-corrected chi connectivity index (χ1v) is 8.71. The maximum Gasteiger partial charge on any atom is 0.251 e. The van der Waals surface area contributed by atoms with Crippen LogP contribution in [0.5, 0.6) is 0 Å². The SMILES string of the molecule is CN(Cc1ccco1)[C@@H]1CCCC[C@H]1NC(=O)c1ccc(C#N)cc1. The van der Waals surface area contributed by atoms with Crippen LogP contribution >= 0.6 is 0 Å². The smallest absolute Gasteiger partial charge is 0.251 e. The van der Waals surface area contributed by atoms with E-state index in [1.807, 2.05) is 12.1 Å². The molecule has 25 heavy (non-hydrogen) atoms. The summed E-state index contributed by atoms with van der Waals surface area (Å²) in [5, 5.41) is 12.1. The predicted octanol–water partition coefficient (Wildman–Crippen LogP) is 3.32. The van der Waals surface area contributed by atoms with Gasteiger partial charge in [-0.05, 0) is 56.3 Å². The average Bonchev–Trinajstić information content (AvgIpc) is 3.15. The molecule has 1 saturated carbocycles. The highest BCUT2D eigenvalue weighted by Crippen LogP contribution is 2.24. The molecular formula is C20H23N3O2. The van der Waals surface area contributed by atoms with Crippen molar-refractivity contribution in [1.82, 2.24) is 10.2 Å². The number of likely N-dealkylation sites (N-methyl/N-ethyl adjacent to an activating group) is 1.